The number of amides is 2. The van der Waals surface area contributed by atoms with Gasteiger partial charge >= 0.3 is 6.03 Å². The topological polar surface area (TPSA) is 58.2 Å². The minimum absolute atomic E-state index is 0.0643. The normalized spacial score (nSPS) is 14.7. The Balaban J connectivity index is 1.80. The molecule has 4 nitrogen and oxygen atoms in total. The van der Waals surface area contributed by atoms with Crippen LogP contribution in [0.4, 0.5) is 14.9 Å². The van der Waals surface area contributed by atoms with Gasteiger partial charge in [0.05, 0.1) is 11.3 Å². The Morgan fingerprint density at radius 3 is 2.46 bits per heavy atom. The van der Waals surface area contributed by atoms with E-state index in [-0.39, 0.29) is 23.2 Å². The van der Waals surface area contributed by atoms with E-state index in [9.17, 15) is 14.0 Å². The van der Waals surface area contributed by atoms with Crippen molar-refractivity contribution < 1.29 is 14.0 Å². The highest BCUT2D eigenvalue weighted by Gasteiger charge is 2.20. The largest absolute Gasteiger partial charge is 0.335 e. The maximum Gasteiger partial charge on any atom is 0.319 e. The van der Waals surface area contributed by atoms with Crippen LogP contribution in [0.25, 0.3) is 0 Å². The summed E-state index contributed by atoms with van der Waals surface area (Å²) in [7, 11) is 0. The second-order valence-electron chi connectivity index (χ2n) is 6.43. The first-order valence-electron chi connectivity index (χ1n) is 8.71. The van der Waals surface area contributed by atoms with Crippen LogP contribution < -0.4 is 10.6 Å². The Morgan fingerprint density at radius 2 is 1.73 bits per heavy atom. The standard InChI is InChI=1S/C20H20ClFN2O2/c21-13-10-11-18(24-20(26)23-14-6-2-1-3-7-14)16(12-13)19(25)15-8-4-5-9-17(15)22/h4-5,8-12,14H,1-3,6-7H2,(H2,23,24,26). The zero-order chi connectivity index (χ0) is 18.5. The van der Waals surface area contributed by atoms with Crippen LogP contribution in [-0.2, 0) is 0 Å². The average Bonchev–Trinajstić information content (AvgIpc) is 2.64. The molecule has 0 saturated heterocycles. The lowest BCUT2D eigenvalue weighted by atomic mass is 9.96. The maximum atomic E-state index is 14.0. The van der Waals surface area contributed by atoms with Gasteiger partial charge in [-0.2, -0.15) is 0 Å². The number of ketones is 1. The molecule has 0 spiro atoms. The van der Waals surface area contributed by atoms with Crippen molar-refractivity contribution in [2.75, 3.05) is 5.32 Å². The zero-order valence-electron chi connectivity index (χ0n) is 14.2. The lowest BCUT2D eigenvalue weighted by Gasteiger charge is -2.23. The van der Waals surface area contributed by atoms with E-state index in [0.29, 0.717) is 10.7 Å². The Morgan fingerprint density at radius 1 is 1.00 bits per heavy atom. The molecule has 0 unspecified atom stereocenters. The van der Waals surface area contributed by atoms with Gasteiger partial charge in [-0.25, -0.2) is 9.18 Å². The van der Waals surface area contributed by atoms with Gasteiger partial charge in [-0.1, -0.05) is 43.0 Å². The van der Waals surface area contributed by atoms with Crippen molar-refractivity contribution in [3.63, 3.8) is 0 Å². The third-order valence-corrected chi connectivity index (χ3v) is 4.77. The molecule has 2 aromatic rings. The highest BCUT2D eigenvalue weighted by Crippen LogP contribution is 2.25. The molecule has 3 rings (SSSR count). The summed E-state index contributed by atoms with van der Waals surface area (Å²) >= 11 is 6.01. The van der Waals surface area contributed by atoms with Crippen LogP contribution in [0.5, 0.6) is 0 Å². The Hall–Kier alpha value is -2.40. The molecule has 0 atom stereocenters. The number of rotatable bonds is 4. The first-order valence-corrected chi connectivity index (χ1v) is 9.08. The average molecular weight is 375 g/mol. The number of carbonyl (C=O) groups is 2. The number of anilines is 1. The molecule has 0 heterocycles. The molecule has 1 aliphatic carbocycles. The first-order chi connectivity index (χ1) is 12.5. The third kappa shape index (κ3) is 4.41. The van der Waals surface area contributed by atoms with Gasteiger partial charge < -0.3 is 10.6 Å². The van der Waals surface area contributed by atoms with Crippen molar-refractivity contribution in [2.24, 2.45) is 0 Å². The Bertz CT molecular complexity index is 819. The molecule has 0 aromatic heterocycles. The fourth-order valence-electron chi connectivity index (χ4n) is 3.19. The highest BCUT2D eigenvalue weighted by atomic mass is 35.5. The molecule has 2 aromatic carbocycles. The van der Waals surface area contributed by atoms with Gasteiger partial charge in [-0.15, -0.1) is 0 Å². The molecular weight excluding hydrogens is 355 g/mol. The molecule has 2 amide bonds. The van der Waals surface area contributed by atoms with Crippen LogP contribution in [0.15, 0.2) is 42.5 Å². The number of nitrogens with one attached hydrogen (secondary N) is 2. The summed E-state index contributed by atoms with van der Waals surface area (Å²) in [5, 5.41) is 5.97. The summed E-state index contributed by atoms with van der Waals surface area (Å²) < 4.78 is 14.0. The lowest BCUT2D eigenvalue weighted by molar-refractivity contribution is 0.103. The van der Waals surface area contributed by atoms with Crippen molar-refractivity contribution in [3.8, 4) is 0 Å². The number of benzene rings is 2. The molecule has 1 saturated carbocycles. The van der Waals surface area contributed by atoms with Gasteiger partial charge in [0.1, 0.15) is 5.82 Å². The number of hydrogen-bond acceptors (Lipinski definition) is 2. The number of halogens is 2. The van der Waals surface area contributed by atoms with Crippen molar-refractivity contribution in [1.82, 2.24) is 5.32 Å². The van der Waals surface area contributed by atoms with E-state index in [2.05, 4.69) is 10.6 Å². The molecule has 136 valence electrons. The van der Waals surface area contributed by atoms with Crippen LogP contribution >= 0.6 is 11.6 Å². The van der Waals surface area contributed by atoms with Crippen molar-refractivity contribution in [2.45, 2.75) is 38.1 Å². The Labute approximate surface area is 156 Å². The van der Waals surface area contributed by atoms with Crippen LogP contribution in [0.1, 0.15) is 48.0 Å². The summed E-state index contributed by atoms with van der Waals surface area (Å²) in [6.07, 6.45) is 5.30. The number of carbonyl (C=O) groups excluding carboxylic acids is 2. The Kier molecular flexibility index (Phi) is 5.89. The van der Waals surface area contributed by atoms with E-state index in [1.165, 1.54) is 30.7 Å². The predicted octanol–water partition coefficient (Wildman–Crippen LogP) is 5.16. The molecule has 0 bridgehead atoms. The fourth-order valence-corrected chi connectivity index (χ4v) is 3.37. The van der Waals surface area contributed by atoms with Crippen molar-refractivity contribution in [3.05, 3.63) is 64.4 Å². The minimum atomic E-state index is -0.616. The van der Waals surface area contributed by atoms with E-state index >= 15 is 0 Å². The van der Waals surface area contributed by atoms with Crippen LogP contribution in [0.2, 0.25) is 5.02 Å². The molecule has 1 aliphatic rings. The van der Waals surface area contributed by atoms with E-state index in [0.717, 1.165) is 25.7 Å². The molecule has 1 fully saturated rings. The SMILES string of the molecule is O=C(Nc1ccc(Cl)cc1C(=O)c1ccccc1F)NC1CCCCC1. The molecule has 0 aliphatic heterocycles. The first kappa shape index (κ1) is 18.4. The molecule has 6 heteroatoms. The van der Waals surface area contributed by atoms with E-state index < -0.39 is 11.6 Å². The lowest BCUT2D eigenvalue weighted by Crippen LogP contribution is -2.39. The summed E-state index contributed by atoms with van der Waals surface area (Å²) in [5.74, 6) is -1.14. The number of hydrogen-bond donors (Lipinski definition) is 2. The van der Waals surface area contributed by atoms with Gasteiger partial charge in [0.2, 0.25) is 0 Å². The minimum Gasteiger partial charge on any atom is -0.335 e. The van der Waals surface area contributed by atoms with Gasteiger partial charge in [0, 0.05) is 16.6 Å². The highest BCUT2D eigenvalue weighted by molar-refractivity contribution is 6.31. The third-order valence-electron chi connectivity index (χ3n) is 4.53. The maximum absolute atomic E-state index is 14.0. The second-order valence-corrected chi connectivity index (χ2v) is 6.87. The predicted molar refractivity (Wildman–Crippen MR) is 100 cm³/mol. The van der Waals surface area contributed by atoms with Gasteiger partial charge in [0.25, 0.3) is 0 Å². The number of urea groups is 1. The molecular formula is C20H20ClFN2O2. The van der Waals surface area contributed by atoms with Crippen LogP contribution in [0, 0.1) is 5.82 Å². The molecule has 26 heavy (non-hydrogen) atoms. The molecule has 2 N–H and O–H groups in total. The van der Waals surface area contributed by atoms with E-state index in [4.69, 9.17) is 11.6 Å². The molecule has 0 radical (unpaired) electrons. The smallest absolute Gasteiger partial charge is 0.319 e. The van der Waals surface area contributed by atoms with Gasteiger partial charge in [0.15, 0.2) is 5.78 Å². The van der Waals surface area contributed by atoms with Gasteiger partial charge in [-0.3, -0.25) is 4.79 Å². The van der Waals surface area contributed by atoms with Crippen LogP contribution in [0.3, 0.4) is 0 Å². The quantitative estimate of drug-likeness (QED) is 0.726. The zero-order valence-corrected chi connectivity index (χ0v) is 15.0. The fraction of sp³-hybridized carbons (Fsp3) is 0.300. The van der Waals surface area contributed by atoms with E-state index in [1.54, 1.807) is 18.2 Å². The second kappa shape index (κ2) is 8.32. The summed E-state index contributed by atoms with van der Waals surface area (Å²) in [6.45, 7) is 0. The van der Waals surface area contributed by atoms with E-state index in [1.807, 2.05) is 0 Å². The summed E-state index contributed by atoms with van der Waals surface area (Å²) in [6, 6.07) is 10.1. The summed E-state index contributed by atoms with van der Waals surface area (Å²) in [5.41, 5.74) is 0.392. The van der Waals surface area contributed by atoms with Gasteiger partial charge in [-0.05, 0) is 43.2 Å². The summed E-state index contributed by atoms with van der Waals surface area (Å²) in [4.78, 5) is 25.0. The van der Waals surface area contributed by atoms with Crippen molar-refractivity contribution in [1.29, 1.82) is 0 Å². The van der Waals surface area contributed by atoms with Crippen LogP contribution in [-0.4, -0.2) is 17.9 Å². The van der Waals surface area contributed by atoms with Crippen molar-refractivity contribution >= 4 is 29.1 Å². The monoisotopic (exact) mass is 374 g/mol.